The van der Waals surface area contributed by atoms with Gasteiger partial charge in [-0.25, -0.2) is 0 Å². The Morgan fingerprint density at radius 3 is 2.44 bits per heavy atom. The van der Waals surface area contributed by atoms with Crippen LogP contribution < -0.4 is 15.2 Å². The summed E-state index contributed by atoms with van der Waals surface area (Å²) in [6.45, 7) is -3.19. The normalized spacial score (nSPS) is 11.3. The molecule has 0 aliphatic rings. The largest absolute Gasteiger partial charge is 0.507 e. The highest BCUT2D eigenvalue weighted by molar-refractivity contribution is 6.03. The van der Waals surface area contributed by atoms with Gasteiger partial charge in [0.1, 0.15) is 22.8 Å². The molecule has 4 rings (SSSR count). The average molecular weight is 443 g/mol. The average Bonchev–Trinajstić information content (AvgIpc) is 3.29. The molecule has 32 heavy (non-hydrogen) atoms. The Morgan fingerprint density at radius 2 is 1.84 bits per heavy atom. The van der Waals surface area contributed by atoms with E-state index in [2.05, 4.69) is 14.9 Å². The first-order chi connectivity index (χ1) is 15.2. The number of phenolic OH excluding ortho intramolecular Hbond substituents is 1. The number of fused-ring (bicyclic) bond motifs is 1. The number of aromatic nitrogens is 4. The minimum Gasteiger partial charge on any atom is -0.507 e. The van der Waals surface area contributed by atoms with Crippen LogP contribution in [0.5, 0.6) is 17.2 Å². The zero-order chi connectivity index (χ0) is 23.2. The highest BCUT2D eigenvalue weighted by Gasteiger charge is 2.24. The highest BCUT2D eigenvalue weighted by atomic mass is 19.3. The molecule has 0 saturated heterocycles. The van der Waals surface area contributed by atoms with Gasteiger partial charge in [-0.1, -0.05) is 0 Å². The van der Waals surface area contributed by atoms with Crippen LogP contribution in [-0.2, 0) is 14.1 Å². The van der Waals surface area contributed by atoms with Crippen LogP contribution in [0.1, 0.15) is 10.4 Å². The number of alkyl halides is 2. The lowest BCUT2D eigenvalue weighted by Gasteiger charge is -2.15. The summed E-state index contributed by atoms with van der Waals surface area (Å²) < 4.78 is 38.9. The Morgan fingerprint density at radius 1 is 1.12 bits per heavy atom. The first-order valence-corrected chi connectivity index (χ1v) is 9.35. The summed E-state index contributed by atoms with van der Waals surface area (Å²) >= 11 is 0. The molecule has 0 aliphatic heterocycles. The van der Waals surface area contributed by atoms with E-state index >= 15 is 0 Å². The van der Waals surface area contributed by atoms with Crippen molar-refractivity contribution in [2.75, 3.05) is 7.11 Å². The molecule has 11 heteroatoms. The molecule has 2 aromatic carbocycles. The highest BCUT2D eigenvalue weighted by Crippen LogP contribution is 2.41. The number of methoxy groups -OCH3 is 1. The van der Waals surface area contributed by atoms with Crippen molar-refractivity contribution < 1.29 is 28.2 Å². The minimum atomic E-state index is -3.19. The maximum atomic E-state index is 13.0. The molecular weight excluding hydrogens is 424 g/mol. The predicted octanol–water partition coefficient (Wildman–Crippen LogP) is 3.06. The van der Waals surface area contributed by atoms with E-state index in [1.165, 1.54) is 23.9 Å². The minimum absolute atomic E-state index is 0.0496. The fourth-order valence-electron chi connectivity index (χ4n) is 3.69. The van der Waals surface area contributed by atoms with Gasteiger partial charge in [-0.2, -0.15) is 19.0 Å². The molecular formula is C21H19F2N5O4. The van der Waals surface area contributed by atoms with Crippen molar-refractivity contribution in [3.63, 3.8) is 0 Å². The van der Waals surface area contributed by atoms with Crippen LogP contribution in [0.4, 0.5) is 8.78 Å². The van der Waals surface area contributed by atoms with Crippen LogP contribution >= 0.6 is 0 Å². The lowest BCUT2D eigenvalue weighted by atomic mass is 10.0. The Hall–Kier alpha value is -4.15. The van der Waals surface area contributed by atoms with Gasteiger partial charge >= 0.3 is 6.61 Å². The van der Waals surface area contributed by atoms with E-state index in [9.17, 15) is 18.7 Å². The molecule has 2 heterocycles. The van der Waals surface area contributed by atoms with Gasteiger partial charge in [0.2, 0.25) is 0 Å². The third-order valence-corrected chi connectivity index (χ3v) is 4.97. The van der Waals surface area contributed by atoms with Crippen LogP contribution in [0.3, 0.4) is 0 Å². The van der Waals surface area contributed by atoms with Gasteiger partial charge < -0.3 is 20.3 Å². The van der Waals surface area contributed by atoms with Crippen molar-refractivity contribution in [2.24, 2.45) is 19.8 Å². The second-order valence-electron chi connectivity index (χ2n) is 7.06. The van der Waals surface area contributed by atoms with Gasteiger partial charge in [0, 0.05) is 31.4 Å². The summed E-state index contributed by atoms with van der Waals surface area (Å²) in [6, 6.07) is 6.03. The van der Waals surface area contributed by atoms with E-state index in [-0.39, 0.29) is 17.1 Å². The quantitative estimate of drug-likeness (QED) is 0.473. The predicted molar refractivity (Wildman–Crippen MR) is 112 cm³/mol. The Kier molecular flexibility index (Phi) is 5.17. The molecule has 0 radical (unpaired) electrons. The Labute approximate surface area is 180 Å². The molecule has 0 spiro atoms. The molecule has 2 aromatic heterocycles. The summed E-state index contributed by atoms with van der Waals surface area (Å²) in [5.74, 6) is -1.55. The van der Waals surface area contributed by atoms with Crippen LogP contribution in [0.25, 0.3) is 33.3 Å². The van der Waals surface area contributed by atoms with Gasteiger partial charge in [0.05, 0.1) is 29.9 Å². The summed E-state index contributed by atoms with van der Waals surface area (Å²) in [5, 5.41) is 19.8. The molecule has 0 unspecified atom stereocenters. The second kappa shape index (κ2) is 7.84. The Bertz CT molecular complexity index is 1350. The van der Waals surface area contributed by atoms with Crippen LogP contribution in [0.15, 0.2) is 36.7 Å². The summed E-state index contributed by atoms with van der Waals surface area (Å²) in [5.41, 5.74) is 7.73. The topological polar surface area (TPSA) is 117 Å². The lowest BCUT2D eigenvalue weighted by molar-refractivity contribution is -0.0502. The number of rotatable bonds is 6. The van der Waals surface area contributed by atoms with E-state index in [1.54, 1.807) is 43.3 Å². The number of primary amides is 1. The molecule has 9 nitrogen and oxygen atoms in total. The second-order valence-corrected chi connectivity index (χ2v) is 7.06. The van der Waals surface area contributed by atoms with Crippen molar-refractivity contribution in [3.05, 3.63) is 42.2 Å². The third-order valence-electron chi connectivity index (χ3n) is 4.97. The van der Waals surface area contributed by atoms with Crippen molar-refractivity contribution >= 4 is 16.8 Å². The zero-order valence-corrected chi connectivity index (χ0v) is 17.3. The number of hydrogen-bond donors (Lipinski definition) is 2. The number of phenols is 1. The molecule has 0 aliphatic carbocycles. The number of halogens is 2. The van der Waals surface area contributed by atoms with Gasteiger partial charge in [-0.05, 0) is 29.8 Å². The number of carbonyl (C=O) groups excluding carboxylic acids is 1. The number of ether oxygens (including phenoxy) is 2. The smallest absolute Gasteiger partial charge is 0.387 e. The van der Waals surface area contributed by atoms with Gasteiger partial charge in [-0.15, -0.1) is 0 Å². The maximum absolute atomic E-state index is 13.0. The van der Waals surface area contributed by atoms with Crippen molar-refractivity contribution in [3.8, 4) is 39.6 Å². The van der Waals surface area contributed by atoms with Crippen molar-refractivity contribution in [1.29, 1.82) is 0 Å². The molecule has 4 aromatic rings. The first kappa shape index (κ1) is 21.1. The Balaban J connectivity index is 1.95. The van der Waals surface area contributed by atoms with Crippen LogP contribution in [0, 0.1) is 0 Å². The van der Waals surface area contributed by atoms with Crippen molar-refractivity contribution in [2.45, 2.75) is 6.61 Å². The monoisotopic (exact) mass is 443 g/mol. The van der Waals surface area contributed by atoms with E-state index < -0.39 is 18.3 Å². The molecule has 1 amide bonds. The number of aryl methyl sites for hydroxylation is 2. The van der Waals surface area contributed by atoms with E-state index in [4.69, 9.17) is 10.5 Å². The van der Waals surface area contributed by atoms with Crippen LogP contribution in [0.2, 0.25) is 0 Å². The summed E-state index contributed by atoms with van der Waals surface area (Å²) in [6.07, 6.45) is 3.46. The number of carbonyl (C=O) groups is 1. The fraction of sp³-hybridized carbons (Fsp3) is 0.190. The van der Waals surface area contributed by atoms with Crippen molar-refractivity contribution in [1.82, 2.24) is 19.6 Å². The van der Waals surface area contributed by atoms with E-state index in [1.807, 2.05) is 0 Å². The molecule has 0 fully saturated rings. The molecule has 3 N–H and O–H groups in total. The number of aromatic hydroxyl groups is 1. The van der Waals surface area contributed by atoms with Gasteiger partial charge in [0.25, 0.3) is 5.91 Å². The number of benzene rings is 2. The standard InChI is InChI=1S/C21H19F2N5O4/c1-27-9-12(8-25-27)10-4-13-17(14(29)5-10)19(28(2)26-13)11-6-15(31-3)18(20(24)30)16(7-11)32-21(22)23/h4-9,21,29H,1-3H3,(H2,24,30). The number of nitrogens with two attached hydrogens (primary N) is 1. The number of nitrogens with zero attached hydrogens (tertiary/aromatic N) is 4. The molecule has 166 valence electrons. The molecule has 0 atom stereocenters. The third kappa shape index (κ3) is 3.57. The summed E-state index contributed by atoms with van der Waals surface area (Å²) in [4.78, 5) is 11.8. The van der Waals surface area contributed by atoms with E-state index in [0.717, 1.165) is 5.56 Å². The summed E-state index contributed by atoms with van der Waals surface area (Å²) in [7, 11) is 4.69. The molecule has 0 bridgehead atoms. The molecule has 0 saturated carbocycles. The zero-order valence-electron chi connectivity index (χ0n) is 17.3. The maximum Gasteiger partial charge on any atom is 0.387 e. The fourth-order valence-corrected chi connectivity index (χ4v) is 3.69. The lowest BCUT2D eigenvalue weighted by Crippen LogP contribution is -2.16. The van der Waals surface area contributed by atoms with E-state index in [0.29, 0.717) is 27.7 Å². The number of amides is 1. The van der Waals surface area contributed by atoms with Crippen LogP contribution in [-0.4, -0.2) is 44.3 Å². The first-order valence-electron chi connectivity index (χ1n) is 9.35. The number of hydrogen-bond acceptors (Lipinski definition) is 6. The SMILES string of the molecule is COc1cc(-c2c3c(O)cc(-c4cnn(C)c4)cc3nn2C)cc(OC(F)F)c1C(N)=O. The van der Waals surface area contributed by atoms with Gasteiger partial charge in [0.15, 0.2) is 0 Å². The van der Waals surface area contributed by atoms with Gasteiger partial charge in [-0.3, -0.25) is 14.2 Å².